The summed E-state index contributed by atoms with van der Waals surface area (Å²) in [6, 6.07) is 4.39. The van der Waals surface area contributed by atoms with Gasteiger partial charge in [-0.1, -0.05) is 19.9 Å². The van der Waals surface area contributed by atoms with Gasteiger partial charge in [-0.25, -0.2) is 4.79 Å². The Kier molecular flexibility index (Phi) is 5.87. The number of likely N-dealkylation sites (tertiary alicyclic amines) is 1. The van der Waals surface area contributed by atoms with Gasteiger partial charge in [0.25, 0.3) is 11.8 Å². The highest BCUT2D eigenvalue weighted by atomic mass is 16.6. The van der Waals surface area contributed by atoms with Crippen LogP contribution in [0.15, 0.2) is 18.2 Å². The zero-order valence-electron chi connectivity index (χ0n) is 18.2. The quantitative estimate of drug-likeness (QED) is 0.762. The number of carbonyl (C=O) groups is 4. The fourth-order valence-corrected chi connectivity index (χ4v) is 3.80. The lowest BCUT2D eigenvalue weighted by molar-refractivity contribution is -0.152. The van der Waals surface area contributed by atoms with Crippen LogP contribution in [0.25, 0.3) is 0 Å². The molecule has 8 heteroatoms. The molecule has 0 radical (unpaired) electrons. The van der Waals surface area contributed by atoms with Crippen LogP contribution in [-0.2, 0) is 20.9 Å². The summed E-state index contributed by atoms with van der Waals surface area (Å²) in [7, 11) is 0. The van der Waals surface area contributed by atoms with Crippen LogP contribution in [0.4, 0.5) is 10.5 Å². The zero-order chi connectivity index (χ0) is 22.2. The van der Waals surface area contributed by atoms with Gasteiger partial charge in [0.05, 0.1) is 0 Å². The van der Waals surface area contributed by atoms with Crippen molar-refractivity contribution in [2.24, 2.45) is 5.92 Å². The van der Waals surface area contributed by atoms with Crippen molar-refractivity contribution in [3.8, 4) is 0 Å². The average Bonchev–Trinajstić information content (AvgIpc) is 2.95. The Labute approximate surface area is 176 Å². The molecule has 0 bridgehead atoms. The topological polar surface area (TPSA) is 96.0 Å². The summed E-state index contributed by atoms with van der Waals surface area (Å²) in [5, 5.41) is 2.71. The summed E-state index contributed by atoms with van der Waals surface area (Å²) in [6.07, 6.45) is -0.0724. The van der Waals surface area contributed by atoms with Gasteiger partial charge in [0.15, 0.2) is 0 Å². The highest BCUT2D eigenvalue weighted by Crippen LogP contribution is 2.33. The fraction of sp³-hybridized carbons (Fsp3) is 0.545. The van der Waals surface area contributed by atoms with Gasteiger partial charge >= 0.3 is 6.09 Å². The molecule has 1 saturated heterocycles. The predicted molar refractivity (Wildman–Crippen MR) is 111 cm³/mol. The number of ether oxygens (including phenoxy) is 1. The molecule has 3 rings (SSSR count). The van der Waals surface area contributed by atoms with Gasteiger partial charge in [-0.2, -0.15) is 0 Å². The van der Waals surface area contributed by atoms with Crippen molar-refractivity contribution >= 4 is 29.5 Å². The molecule has 1 aromatic carbocycles. The van der Waals surface area contributed by atoms with E-state index in [4.69, 9.17) is 4.74 Å². The molecule has 0 saturated carbocycles. The molecule has 1 unspecified atom stereocenters. The van der Waals surface area contributed by atoms with Crippen LogP contribution in [0.3, 0.4) is 0 Å². The molecule has 2 aliphatic heterocycles. The second-order valence-electron chi connectivity index (χ2n) is 9.18. The van der Waals surface area contributed by atoms with Crippen molar-refractivity contribution in [1.82, 2.24) is 9.80 Å². The first kappa shape index (κ1) is 21.8. The first-order valence-corrected chi connectivity index (χ1v) is 10.2. The lowest BCUT2D eigenvalue weighted by atomic mass is 10.0. The molecular formula is C22H29N3O5. The van der Waals surface area contributed by atoms with Gasteiger partial charge in [0.2, 0.25) is 5.91 Å². The smallest absolute Gasteiger partial charge is 0.412 e. The van der Waals surface area contributed by atoms with Crippen molar-refractivity contribution in [3.63, 3.8) is 0 Å². The first-order chi connectivity index (χ1) is 14.0. The number of benzene rings is 1. The van der Waals surface area contributed by atoms with E-state index in [0.29, 0.717) is 29.8 Å². The number of imide groups is 1. The standard InChI is InChI=1S/C22H29N3O5/c1-13(2)11-25-18(26)10-9-17(20(25)28)24-12-15-14(19(24)27)7-6-8-16(15)23-21(29)30-22(3,4)5/h6-8,13,17H,9-12H2,1-5H3,(H,23,29). The minimum Gasteiger partial charge on any atom is -0.444 e. The van der Waals surface area contributed by atoms with E-state index in [1.54, 1.807) is 39.0 Å². The third-order valence-corrected chi connectivity index (χ3v) is 5.04. The normalized spacial score (nSPS) is 19.4. The number of amides is 4. The van der Waals surface area contributed by atoms with E-state index < -0.39 is 17.7 Å². The van der Waals surface area contributed by atoms with Gasteiger partial charge in [0, 0.05) is 36.3 Å². The molecule has 1 atom stereocenters. The van der Waals surface area contributed by atoms with Crippen LogP contribution in [0.1, 0.15) is 63.4 Å². The van der Waals surface area contributed by atoms with E-state index in [1.807, 2.05) is 13.8 Å². The molecule has 4 amide bonds. The second kappa shape index (κ2) is 8.08. The molecule has 1 aromatic rings. The number of nitrogens with zero attached hydrogens (tertiary/aromatic N) is 2. The summed E-state index contributed by atoms with van der Waals surface area (Å²) >= 11 is 0. The Balaban J connectivity index is 1.81. The minimum atomic E-state index is -0.685. The van der Waals surface area contributed by atoms with E-state index in [1.165, 1.54) is 9.80 Å². The fourth-order valence-electron chi connectivity index (χ4n) is 3.80. The predicted octanol–water partition coefficient (Wildman–Crippen LogP) is 3.16. The monoisotopic (exact) mass is 415 g/mol. The summed E-state index contributed by atoms with van der Waals surface area (Å²) < 4.78 is 5.30. The Morgan fingerprint density at radius 1 is 1.23 bits per heavy atom. The lowest BCUT2D eigenvalue weighted by Gasteiger charge is -2.36. The van der Waals surface area contributed by atoms with Crippen LogP contribution >= 0.6 is 0 Å². The van der Waals surface area contributed by atoms with Crippen LogP contribution in [-0.4, -0.2) is 51.8 Å². The van der Waals surface area contributed by atoms with Crippen molar-refractivity contribution in [2.45, 2.75) is 65.6 Å². The summed E-state index contributed by atoms with van der Waals surface area (Å²) in [6.45, 7) is 9.73. The number of hydrogen-bond acceptors (Lipinski definition) is 5. The number of hydrogen-bond donors (Lipinski definition) is 1. The number of rotatable bonds is 4. The Bertz CT molecular complexity index is 887. The Morgan fingerprint density at radius 3 is 2.57 bits per heavy atom. The summed E-state index contributed by atoms with van der Waals surface area (Å²) in [4.78, 5) is 53.2. The van der Waals surface area contributed by atoms with Gasteiger partial charge in [-0.3, -0.25) is 24.6 Å². The summed E-state index contributed by atoms with van der Waals surface area (Å²) in [5.41, 5.74) is 0.929. The number of anilines is 1. The minimum absolute atomic E-state index is 0.146. The van der Waals surface area contributed by atoms with Gasteiger partial charge in [-0.15, -0.1) is 0 Å². The zero-order valence-corrected chi connectivity index (χ0v) is 18.2. The summed E-state index contributed by atoms with van der Waals surface area (Å²) in [5.74, 6) is -0.646. The maximum Gasteiger partial charge on any atom is 0.412 e. The molecule has 2 aliphatic rings. The van der Waals surface area contributed by atoms with Crippen LogP contribution in [0.5, 0.6) is 0 Å². The van der Waals surface area contributed by atoms with E-state index in [9.17, 15) is 19.2 Å². The Hall–Kier alpha value is -2.90. The van der Waals surface area contributed by atoms with Crippen molar-refractivity contribution in [2.75, 3.05) is 11.9 Å². The molecule has 1 N–H and O–H groups in total. The highest BCUT2D eigenvalue weighted by Gasteiger charge is 2.43. The van der Waals surface area contributed by atoms with Gasteiger partial charge in [-0.05, 0) is 45.2 Å². The SMILES string of the molecule is CC(C)CN1C(=O)CCC(N2Cc3c(NC(=O)OC(C)(C)C)cccc3C2=O)C1=O. The third kappa shape index (κ3) is 4.47. The molecule has 0 spiro atoms. The van der Waals surface area contributed by atoms with Gasteiger partial charge in [0.1, 0.15) is 11.6 Å². The van der Waals surface area contributed by atoms with Gasteiger partial charge < -0.3 is 9.64 Å². The van der Waals surface area contributed by atoms with E-state index >= 15 is 0 Å². The third-order valence-electron chi connectivity index (χ3n) is 5.04. The second-order valence-corrected chi connectivity index (χ2v) is 9.18. The maximum absolute atomic E-state index is 13.0. The molecule has 162 valence electrons. The molecule has 8 nitrogen and oxygen atoms in total. The largest absolute Gasteiger partial charge is 0.444 e. The van der Waals surface area contributed by atoms with Crippen molar-refractivity contribution in [3.05, 3.63) is 29.3 Å². The van der Waals surface area contributed by atoms with E-state index in [-0.39, 0.29) is 36.6 Å². The molecule has 0 aromatic heterocycles. The van der Waals surface area contributed by atoms with Crippen LogP contribution in [0, 0.1) is 5.92 Å². The van der Waals surface area contributed by atoms with Crippen LogP contribution < -0.4 is 5.32 Å². The van der Waals surface area contributed by atoms with Crippen molar-refractivity contribution < 1.29 is 23.9 Å². The van der Waals surface area contributed by atoms with E-state index in [2.05, 4.69) is 5.32 Å². The number of fused-ring (bicyclic) bond motifs is 1. The molecule has 1 fully saturated rings. The Morgan fingerprint density at radius 2 is 1.93 bits per heavy atom. The van der Waals surface area contributed by atoms with Crippen LogP contribution in [0.2, 0.25) is 0 Å². The molecular weight excluding hydrogens is 386 g/mol. The lowest BCUT2D eigenvalue weighted by Crippen LogP contribution is -2.55. The highest BCUT2D eigenvalue weighted by molar-refractivity contribution is 6.06. The van der Waals surface area contributed by atoms with Crippen molar-refractivity contribution in [1.29, 1.82) is 0 Å². The number of nitrogens with one attached hydrogen (secondary N) is 1. The molecule has 0 aliphatic carbocycles. The molecule has 30 heavy (non-hydrogen) atoms. The molecule has 2 heterocycles. The first-order valence-electron chi connectivity index (χ1n) is 10.2. The number of piperidine rings is 1. The van der Waals surface area contributed by atoms with E-state index in [0.717, 1.165) is 0 Å². The number of carbonyl (C=O) groups excluding carboxylic acids is 4. The average molecular weight is 415 g/mol. The maximum atomic E-state index is 13.0.